The molecule has 1 aliphatic heterocycles. The van der Waals surface area contributed by atoms with Gasteiger partial charge in [0.25, 0.3) is 0 Å². The molecule has 2 aliphatic carbocycles. The van der Waals surface area contributed by atoms with E-state index in [0.717, 1.165) is 23.8 Å². The zero-order valence-corrected chi connectivity index (χ0v) is 12.0. The molecule has 2 heteroatoms. The van der Waals surface area contributed by atoms with Crippen molar-refractivity contribution < 1.29 is 0 Å². The van der Waals surface area contributed by atoms with Crippen LogP contribution in [0.2, 0.25) is 0 Å². The van der Waals surface area contributed by atoms with Gasteiger partial charge in [-0.05, 0) is 57.0 Å². The summed E-state index contributed by atoms with van der Waals surface area (Å²) in [6, 6.07) is 0.797. The van der Waals surface area contributed by atoms with Crippen LogP contribution in [-0.4, -0.2) is 37.6 Å². The van der Waals surface area contributed by atoms with Crippen molar-refractivity contribution in [2.75, 3.05) is 26.7 Å². The third kappa shape index (κ3) is 2.91. The molecule has 3 rings (SSSR count). The largest absolute Gasteiger partial charge is 0.312 e. The third-order valence-corrected chi connectivity index (χ3v) is 5.68. The van der Waals surface area contributed by atoms with Crippen LogP contribution in [0.1, 0.15) is 51.4 Å². The van der Waals surface area contributed by atoms with Gasteiger partial charge in [0.1, 0.15) is 0 Å². The molecule has 0 amide bonds. The smallest absolute Gasteiger partial charge is 0.0226 e. The number of hydrogen-bond donors (Lipinski definition) is 1. The Labute approximate surface area is 113 Å². The monoisotopic (exact) mass is 250 g/mol. The molecule has 0 aromatic rings. The molecule has 0 aromatic carbocycles. The lowest BCUT2D eigenvalue weighted by Crippen LogP contribution is -2.40. The van der Waals surface area contributed by atoms with E-state index in [1.807, 2.05) is 0 Å². The fourth-order valence-corrected chi connectivity index (χ4v) is 4.72. The zero-order valence-electron chi connectivity index (χ0n) is 12.0. The van der Waals surface area contributed by atoms with E-state index >= 15 is 0 Å². The van der Waals surface area contributed by atoms with Crippen LogP contribution in [0.15, 0.2) is 0 Å². The summed E-state index contributed by atoms with van der Waals surface area (Å²) >= 11 is 0. The first-order valence-corrected chi connectivity index (χ1v) is 8.25. The second kappa shape index (κ2) is 5.92. The highest BCUT2D eigenvalue weighted by Crippen LogP contribution is 2.37. The van der Waals surface area contributed by atoms with Crippen LogP contribution in [0.4, 0.5) is 0 Å². The summed E-state index contributed by atoms with van der Waals surface area (Å²) in [6.45, 7) is 3.93. The predicted octanol–water partition coefficient (Wildman–Crippen LogP) is 2.89. The summed E-state index contributed by atoms with van der Waals surface area (Å²) in [6.07, 6.45) is 11.9. The van der Waals surface area contributed by atoms with E-state index in [-0.39, 0.29) is 0 Å². The van der Waals surface area contributed by atoms with E-state index in [1.165, 1.54) is 71.0 Å². The SMILES string of the molecule is CN(CC1CCCCC1)CC1NCC2CCCC21. The highest BCUT2D eigenvalue weighted by atomic mass is 15.1. The van der Waals surface area contributed by atoms with Crippen molar-refractivity contribution in [1.29, 1.82) is 0 Å². The van der Waals surface area contributed by atoms with Gasteiger partial charge in [0.05, 0.1) is 0 Å². The summed E-state index contributed by atoms with van der Waals surface area (Å²) in [5, 5.41) is 3.79. The van der Waals surface area contributed by atoms with Crippen molar-refractivity contribution in [3.8, 4) is 0 Å². The van der Waals surface area contributed by atoms with Gasteiger partial charge in [0.2, 0.25) is 0 Å². The molecule has 0 bridgehead atoms. The molecule has 18 heavy (non-hydrogen) atoms. The molecule has 1 heterocycles. The van der Waals surface area contributed by atoms with Crippen LogP contribution >= 0.6 is 0 Å². The van der Waals surface area contributed by atoms with Gasteiger partial charge in [-0.2, -0.15) is 0 Å². The van der Waals surface area contributed by atoms with E-state index in [1.54, 1.807) is 0 Å². The number of hydrogen-bond acceptors (Lipinski definition) is 2. The van der Waals surface area contributed by atoms with E-state index in [4.69, 9.17) is 0 Å². The Hall–Kier alpha value is -0.0800. The second-order valence-corrected chi connectivity index (χ2v) is 7.09. The summed E-state index contributed by atoms with van der Waals surface area (Å²) in [7, 11) is 2.35. The van der Waals surface area contributed by atoms with Crippen molar-refractivity contribution in [2.24, 2.45) is 17.8 Å². The van der Waals surface area contributed by atoms with E-state index in [2.05, 4.69) is 17.3 Å². The van der Waals surface area contributed by atoms with Crippen LogP contribution in [0.3, 0.4) is 0 Å². The second-order valence-electron chi connectivity index (χ2n) is 7.09. The average molecular weight is 250 g/mol. The topological polar surface area (TPSA) is 15.3 Å². The lowest BCUT2D eigenvalue weighted by atomic mass is 9.88. The Morgan fingerprint density at radius 2 is 1.78 bits per heavy atom. The maximum Gasteiger partial charge on any atom is 0.0226 e. The number of likely N-dealkylation sites (N-methyl/N-ethyl adjacent to an activating group) is 1. The summed E-state index contributed by atoms with van der Waals surface area (Å²) in [4.78, 5) is 2.62. The molecule has 1 N–H and O–H groups in total. The number of nitrogens with zero attached hydrogens (tertiary/aromatic N) is 1. The van der Waals surface area contributed by atoms with E-state index < -0.39 is 0 Å². The molecule has 0 spiro atoms. The van der Waals surface area contributed by atoms with Gasteiger partial charge in [-0.3, -0.25) is 0 Å². The molecule has 3 aliphatic rings. The van der Waals surface area contributed by atoms with Gasteiger partial charge in [-0.15, -0.1) is 0 Å². The molecule has 3 fully saturated rings. The van der Waals surface area contributed by atoms with Crippen molar-refractivity contribution in [1.82, 2.24) is 10.2 Å². The number of fused-ring (bicyclic) bond motifs is 1. The van der Waals surface area contributed by atoms with Gasteiger partial charge in [0, 0.05) is 19.1 Å². The first-order chi connectivity index (χ1) is 8.83. The third-order valence-electron chi connectivity index (χ3n) is 5.68. The normalized spacial score (nSPS) is 37.3. The van der Waals surface area contributed by atoms with E-state index in [0.29, 0.717) is 0 Å². The van der Waals surface area contributed by atoms with Gasteiger partial charge in [0.15, 0.2) is 0 Å². The Balaban J connectivity index is 1.44. The zero-order chi connectivity index (χ0) is 12.4. The van der Waals surface area contributed by atoms with Crippen molar-refractivity contribution >= 4 is 0 Å². The summed E-state index contributed by atoms with van der Waals surface area (Å²) in [5.74, 6) is 3.00. The first kappa shape index (κ1) is 12.9. The molecule has 2 nitrogen and oxygen atoms in total. The van der Waals surface area contributed by atoms with Crippen molar-refractivity contribution in [2.45, 2.75) is 57.4 Å². The molecular formula is C16H30N2. The fraction of sp³-hybridized carbons (Fsp3) is 1.00. The van der Waals surface area contributed by atoms with Crippen molar-refractivity contribution in [3.63, 3.8) is 0 Å². The summed E-state index contributed by atoms with van der Waals surface area (Å²) < 4.78 is 0. The maximum absolute atomic E-state index is 3.79. The highest BCUT2D eigenvalue weighted by molar-refractivity contribution is 4.95. The Morgan fingerprint density at radius 1 is 0.944 bits per heavy atom. The van der Waals surface area contributed by atoms with Crippen LogP contribution in [0, 0.1) is 17.8 Å². The van der Waals surface area contributed by atoms with Gasteiger partial charge < -0.3 is 10.2 Å². The molecule has 0 aromatic heterocycles. The number of nitrogens with one attached hydrogen (secondary N) is 1. The molecule has 3 atom stereocenters. The Bertz CT molecular complexity index is 260. The minimum atomic E-state index is 0.797. The molecule has 0 radical (unpaired) electrons. The number of rotatable bonds is 4. The molecule has 3 unspecified atom stereocenters. The Kier molecular flexibility index (Phi) is 4.25. The molecule has 104 valence electrons. The molecule has 1 saturated heterocycles. The van der Waals surface area contributed by atoms with Crippen LogP contribution in [-0.2, 0) is 0 Å². The molecule has 2 saturated carbocycles. The van der Waals surface area contributed by atoms with Gasteiger partial charge in [-0.25, -0.2) is 0 Å². The predicted molar refractivity (Wildman–Crippen MR) is 76.7 cm³/mol. The van der Waals surface area contributed by atoms with E-state index in [9.17, 15) is 0 Å². The lowest BCUT2D eigenvalue weighted by Gasteiger charge is -2.30. The minimum absolute atomic E-state index is 0.797. The van der Waals surface area contributed by atoms with Gasteiger partial charge >= 0.3 is 0 Å². The van der Waals surface area contributed by atoms with Crippen LogP contribution in [0.5, 0.6) is 0 Å². The van der Waals surface area contributed by atoms with Gasteiger partial charge in [-0.1, -0.05) is 25.7 Å². The highest BCUT2D eigenvalue weighted by Gasteiger charge is 2.39. The first-order valence-electron chi connectivity index (χ1n) is 8.25. The molecular weight excluding hydrogens is 220 g/mol. The maximum atomic E-state index is 3.79. The Morgan fingerprint density at radius 3 is 2.61 bits per heavy atom. The minimum Gasteiger partial charge on any atom is -0.312 e. The van der Waals surface area contributed by atoms with Crippen LogP contribution < -0.4 is 5.32 Å². The standard InChI is InChI=1S/C16H30N2/c1-18(11-13-6-3-2-4-7-13)12-16-15-9-5-8-14(15)10-17-16/h13-17H,2-12H2,1H3. The quantitative estimate of drug-likeness (QED) is 0.825. The summed E-state index contributed by atoms with van der Waals surface area (Å²) in [5.41, 5.74) is 0. The average Bonchev–Trinajstić information content (AvgIpc) is 2.95. The lowest BCUT2D eigenvalue weighted by molar-refractivity contribution is 0.206. The van der Waals surface area contributed by atoms with Crippen molar-refractivity contribution in [3.05, 3.63) is 0 Å². The fourth-order valence-electron chi connectivity index (χ4n) is 4.72. The van der Waals surface area contributed by atoms with Crippen LogP contribution in [0.25, 0.3) is 0 Å².